The largest absolute Gasteiger partial charge is 0.326 e. The van der Waals surface area contributed by atoms with Gasteiger partial charge in [0.2, 0.25) is 11.8 Å². The number of aromatic nitrogens is 2. The summed E-state index contributed by atoms with van der Waals surface area (Å²) >= 11 is 0. The molecule has 0 atom stereocenters. The zero-order valence-corrected chi connectivity index (χ0v) is 18.7. The van der Waals surface area contributed by atoms with Crippen molar-refractivity contribution in [2.45, 2.75) is 27.3 Å². The molecule has 33 heavy (non-hydrogen) atoms. The van der Waals surface area contributed by atoms with Crippen LogP contribution in [0.25, 0.3) is 22.3 Å². The van der Waals surface area contributed by atoms with Crippen LogP contribution in [-0.4, -0.2) is 21.4 Å². The summed E-state index contributed by atoms with van der Waals surface area (Å²) in [6.07, 6.45) is 0. The number of amides is 2. The summed E-state index contributed by atoms with van der Waals surface area (Å²) in [5.74, 6) is -0.575. The highest BCUT2D eigenvalue weighted by molar-refractivity contribution is 5.95. The number of para-hydroxylation sites is 3. The van der Waals surface area contributed by atoms with Crippen LogP contribution in [0.4, 0.5) is 11.4 Å². The maximum atomic E-state index is 13.5. The lowest BCUT2D eigenvalue weighted by molar-refractivity contribution is -0.117. The monoisotopic (exact) mass is 440 g/mol. The van der Waals surface area contributed by atoms with E-state index in [2.05, 4.69) is 15.6 Å². The minimum atomic E-state index is -0.415. The molecular weight excluding hydrogens is 416 g/mol. The third-order valence-corrected chi connectivity index (χ3v) is 5.44. The number of anilines is 2. The molecule has 0 fully saturated rings. The van der Waals surface area contributed by atoms with Gasteiger partial charge in [-0.15, -0.1) is 0 Å². The lowest BCUT2D eigenvalue weighted by Gasteiger charge is -2.15. The van der Waals surface area contributed by atoms with Crippen molar-refractivity contribution in [3.8, 4) is 11.3 Å². The Hall–Kier alpha value is -4.26. The molecule has 0 radical (unpaired) electrons. The fraction of sp³-hybridized carbons (Fsp3) is 0.154. The van der Waals surface area contributed by atoms with Crippen LogP contribution in [0, 0.1) is 13.8 Å². The Morgan fingerprint density at radius 2 is 1.64 bits per heavy atom. The van der Waals surface area contributed by atoms with Crippen LogP contribution in [0.1, 0.15) is 18.1 Å². The van der Waals surface area contributed by atoms with Gasteiger partial charge in [0, 0.05) is 18.2 Å². The summed E-state index contributed by atoms with van der Waals surface area (Å²) in [4.78, 5) is 42.6. The number of fused-ring (bicyclic) bond motifs is 1. The van der Waals surface area contributed by atoms with Crippen LogP contribution in [0.5, 0.6) is 0 Å². The van der Waals surface area contributed by atoms with Crippen molar-refractivity contribution in [2.24, 2.45) is 0 Å². The van der Waals surface area contributed by atoms with Gasteiger partial charge in [0.05, 0.1) is 16.7 Å². The Bertz CT molecular complexity index is 1440. The number of hydrogen-bond acceptors (Lipinski definition) is 4. The lowest BCUT2D eigenvalue weighted by Crippen LogP contribution is -2.30. The molecule has 0 aliphatic rings. The van der Waals surface area contributed by atoms with E-state index in [1.54, 1.807) is 42.5 Å². The number of hydrogen-bond donors (Lipinski definition) is 2. The number of nitrogens with one attached hydrogen (secondary N) is 2. The van der Waals surface area contributed by atoms with E-state index < -0.39 is 5.56 Å². The smallest absolute Gasteiger partial charge is 0.278 e. The summed E-state index contributed by atoms with van der Waals surface area (Å²) < 4.78 is 1.42. The Morgan fingerprint density at radius 1 is 0.909 bits per heavy atom. The molecule has 0 unspecified atom stereocenters. The summed E-state index contributed by atoms with van der Waals surface area (Å²) in [6.45, 7) is 5.21. The van der Waals surface area contributed by atoms with Crippen LogP contribution < -0.4 is 16.2 Å². The third kappa shape index (κ3) is 4.67. The van der Waals surface area contributed by atoms with E-state index in [4.69, 9.17) is 0 Å². The Morgan fingerprint density at radius 3 is 2.39 bits per heavy atom. The van der Waals surface area contributed by atoms with E-state index >= 15 is 0 Å². The zero-order valence-electron chi connectivity index (χ0n) is 18.7. The molecule has 4 aromatic rings. The fourth-order valence-corrected chi connectivity index (χ4v) is 3.68. The molecule has 1 aromatic heterocycles. The molecule has 2 N–H and O–H groups in total. The predicted octanol–water partition coefficient (Wildman–Crippen LogP) is 4.28. The van der Waals surface area contributed by atoms with Gasteiger partial charge in [0.1, 0.15) is 12.2 Å². The van der Waals surface area contributed by atoms with E-state index in [1.165, 1.54) is 11.5 Å². The van der Waals surface area contributed by atoms with Crippen molar-refractivity contribution in [1.29, 1.82) is 0 Å². The van der Waals surface area contributed by atoms with Crippen LogP contribution in [0.3, 0.4) is 0 Å². The second-order valence-corrected chi connectivity index (χ2v) is 7.91. The van der Waals surface area contributed by atoms with Crippen molar-refractivity contribution in [3.63, 3.8) is 0 Å². The molecule has 0 saturated carbocycles. The average Bonchev–Trinajstić information content (AvgIpc) is 2.78. The van der Waals surface area contributed by atoms with Crippen LogP contribution >= 0.6 is 0 Å². The van der Waals surface area contributed by atoms with Crippen LogP contribution in [-0.2, 0) is 16.1 Å². The Balaban J connectivity index is 1.78. The highest BCUT2D eigenvalue weighted by Crippen LogP contribution is 2.25. The molecule has 7 nitrogen and oxygen atoms in total. The van der Waals surface area contributed by atoms with Gasteiger partial charge in [0.15, 0.2) is 0 Å². The van der Waals surface area contributed by atoms with Crippen molar-refractivity contribution in [2.75, 3.05) is 10.6 Å². The Kier molecular flexibility index (Phi) is 6.04. The van der Waals surface area contributed by atoms with E-state index in [0.717, 1.165) is 11.1 Å². The maximum Gasteiger partial charge on any atom is 0.278 e. The van der Waals surface area contributed by atoms with Gasteiger partial charge in [0.25, 0.3) is 5.56 Å². The van der Waals surface area contributed by atoms with Gasteiger partial charge in [-0.1, -0.05) is 36.4 Å². The zero-order chi connectivity index (χ0) is 23.5. The number of rotatable bonds is 5. The summed E-state index contributed by atoms with van der Waals surface area (Å²) in [5, 5.41) is 5.61. The summed E-state index contributed by atoms with van der Waals surface area (Å²) in [5.41, 5.74) is 4.72. The van der Waals surface area contributed by atoms with E-state index in [-0.39, 0.29) is 24.1 Å². The molecule has 3 aromatic carbocycles. The third-order valence-electron chi connectivity index (χ3n) is 5.44. The highest BCUT2D eigenvalue weighted by atomic mass is 16.2. The predicted molar refractivity (Wildman–Crippen MR) is 130 cm³/mol. The molecule has 0 spiro atoms. The first-order chi connectivity index (χ1) is 15.8. The van der Waals surface area contributed by atoms with Gasteiger partial charge in [-0.3, -0.25) is 19.0 Å². The molecule has 0 aliphatic carbocycles. The summed E-state index contributed by atoms with van der Waals surface area (Å²) in [7, 11) is 0. The molecule has 4 rings (SSSR count). The number of carbonyl (C=O) groups excluding carboxylic acids is 2. The number of benzene rings is 3. The molecule has 2 amide bonds. The molecular formula is C26H24N4O3. The Labute approximate surface area is 191 Å². The molecule has 0 aliphatic heterocycles. The van der Waals surface area contributed by atoms with Gasteiger partial charge >= 0.3 is 0 Å². The maximum absolute atomic E-state index is 13.5. The van der Waals surface area contributed by atoms with Gasteiger partial charge in [-0.05, 0) is 55.3 Å². The first-order valence-electron chi connectivity index (χ1n) is 10.6. The SMILES string of the molecule is CC(=O)Nc1ccccc1-c1nc2ccccc2n(CC(=O)Nc2ccc(C)c(C)c2)c1=O. The van der Waals surface area contributed by atoms with Gasteiger partial charge in [-0.25, -0.2) is 4.98 Å². The van der Waals surface area contributed by atoms with E-state index in [1.807, 2.05) is 38.1 Å². The van der Waals surface area contributed by atoms with Crippen molar-refractivity contribution < 1.29 is 9.59 Å². The van der Waals surface area contributed by atoms with E-state index in [9.17, 15) is 14.4 Å². The van der Waals surface area contributed by atoms with E-state index in [0.29, 0.717) is 28.0 Å². The highest BCUT2D eigenvalue weighted by Gasteiger charge is 2.18. The van der Waals surface area contributed by atoms with Gasteiger partial charge < -0.3 is 10.6 Å². The lowest BCUT2D eigenvalue weighted by atomic mass is 10.1. The number of nitrogens with zero attached hydrogens (tertiary/aromatic N) is 2. The normalized spacial score (nSPS) is 10.8. The first kappa shape index (κ1) is 22.0. The molecule has 166 valence electrons. The van der Waals surface area contributed by atoms with Crippen LogP contribution in [0.15, 0.2) is 71.5 Å². The van der Waals surface area contributed by atoms with Gasteiger partial charge in [-0.2, -0.15) is 0 Å². The quantitative estimate of drug-likeness (QED) is 0.485. The first-order valence-corrected chi connectivity index (χ1v) is 10.6. The standard InChI is InChI=1S/C26H24N4O3/c1-16-12-13-19(14-17(16)2)28-24(32)15-30-23-11-7-6-10-22(23)29-25(26(30)33)20-8-4-5-9-21(20)27-18(3)31/h4-14H,15H2,1-3H3,(H,27,31)(H,28,32). The number of aryl methyl sites for hydroxylation is 2. The fourth-order valence-electron chi connectivity index (χ4n) is 3.68. The van der Waals surface area contributed by atoms with Crippen molar-refractivity contribution in [1.82, 2.24) is 9.55 Å². The second-order valence-electron chi connectivity index (χ2n) is 7.91. The summed E-state index contributed by atoms with van der Waals surface area (Å²) in [6, 6.07) is 19.8. The minimum Gasteiger partial charge on any atom is -0.326 e. The topological polar surface area (TPSA) is 93.1 Å². The minimum absolute atomic E-state index is 0.164. The molecule has 0 saturated heterocycles. The molecule has 0 bridgehead atoms. The molecule has 7 heteroatoms. The molecule has 1 heterocycles. The van der Waals surface area contributed by atoms with Crippen molar-refractivity contribution in [3.05, 3.63) is 88.2 Å². The average molecular weight is 441 g/mol. The second kappa shape index (κ2) is 9.08. The number of carbonyl (C=O) groups is 2. The van der Waals surface area contributed by atoms with Crippen LogP contribution in [0.2, 0.25) is 0 Å². The van der Waals surface area contributed by atoms with Crippen molar-refractivity contribution >= 4 is 34.2 Å².